The van der Waals surface area contributed by atoms with E-state index in [4.69, 9.17) is 14.9 Å². The van der Waals surface area contributed by atoms with Gasteiger partial charge in [-0.05, 0) is 76.0 Å². The Labute approximate surface area is 245 Å². The fraction of sp³-hybridized carbons (Fsp3) is 0.105. The molecule has 0 atom stereocenters. The van der Waals surface area contributed by atoms with E-state index in [9.17, 15) is 0 Å². The summed E-state index contributed by atoms with van der Waals surface area (Å²) in [6.07, 6.45) is 1.57. The lowest BCUT2D eigenvalue weighted by molar-refractivity contribution is 0.590. The Balaban J connectivity index is 1.41. The normalized spacial score (nSPS) is 12.1. The van der Waals surface area contributed by atoms with Gasteiger partial charge >= 0.3 is 0 Å². The van der Waals surface area contributed by atoms with Gasteiger partial charge in [0.15, 0.2) is 0 Å². The van der Waals surface area contributed by atoms with Crippen LogP contribution in [0.3, 0.4) is 0 Å². The van der Waals surface area contributed by atoms with E-state index < -0.39 is 0 Å². The van der Waals surface area contributed by atoms with Crippen molar-refractivity contribution in [2.24, 2.45) is 0 Å². The number of rotatable bonds is 3. The fourth-order valence-corrected chi connectivity index (χ4v) is 5.96. The van der Waals surface area contributed by atoms with Gasteiger partial charge in [0.05, 0.1) is 11.4 Å². The third-order valence-electron chi connectivity index (χ3n) is 8.05. The van der Waals surface area contributed by atoms with E-state index in [1.54, 1.807) is 6.08 Å². The average Bonchev–Trinajstić information content (AvgIpc) is 3.43. The first-order chi connectivity index (χ1) is 20.4. The minimum Gasteiger partial charge on any atom is -0.456 e. The Hall–Kier alpha value is -5.58. The largest absolute Gasteiger partial charge is 0.456 e. The molecule has 0 aliphatic carbocycles. The number of benzene rings is 5. The molecule has 0 saturated carbocycles. The Morgan fingerprint density at radius 3 is 2.26 bits per heavy atom. The number of nitriles is 2. The first-order valence-corrected chi connectivity index (χ1v) is 14.0. The van der Waals surface area contributed by atoms with Gasteiger partial charge in [-0.2, -0.15) is 10.5 Å². The molecule has 0 saturated heterocycles. The molecule has 0 amide bonds. The third-order valence-corrected chi connectivity index (χ3v) is 8.05. The zero-order chi connectivity index (χ0) is 29.0. The maximum Gasteiger partial charge on any atom is 0.136 e. The summed E-state index contributed by atoms with van der Waals surface area (Å²) in [5.74, 6) is 0.774. The SMILES string of the molecule is CC(C)(C)c1ccc(N2c3ccccc3-c3cccc4c(-c5cc6ccc(C=C(C#N)C#N)cc6o5)ccc2c34)cc1. The van der Waals surface area contributed by atoms with Crippen LogP contribution in [0.15, 0.2) is 113 Å². The van der Waals surface area contributed by atoms with Gasteiger partial charge in [-0.1, -0.05) is 81.4 Å². The molecule has 0 radical (unpaired) electrons. The fourth-order valence-electron chi connectivity index (χ4n) is 5.96. The molecule has 0 N–H and O–H groups in total. The van der Waals surface area contributed by atoms with Crippen molar-refractivity contribution in [2.45, 2.75) is 26.2 Å². The Bertz CT molecular complexity index is 2130. The second kappa shape index (κ2) is 9.51. The van der Waals surface area contributed by atoms with Gasteiger partial charge in [0, 0.05) is 27.6 Å². The van der Waals surface area contributed by atoms with Gasteiger partial charge in [-0.3, -0.25) is 0 Å². The first kappa shape index (κ1) is 25.4. The molecule has 0 fully saturated rings. The molecule has 1 aromatic heterocycles. The molecule has 42 heavy (non-hydrogen) atoms. The maximum absolute atomic E-state index is 9.15. The van der Waals surface area contributed by atoms with Crippen LogP contribution in [0.1, 0.15) is 31.9 Å². The number of allylic oxidation sites excluding steroid dienone is 1. The van der Waals surface area contributed by atoms with Crippen LogP contribution in [0.5, 0.6) is 0 Å². The van der Waals surface area contributed by atoms with E-state index in [0.29, 0.717) is 5.58 Å². The highest BCUT2D eigenvalue weighted by atomic mass is 16.3. The average molecular weight is 542 g/mol. The predicted octanol–water partition coefficient (Wildman–Crippen LogP) is 10.4. The third kappa shape index (κ3) is 4.05. The van der Waals surface area contributed by atoms with Crippen LogP contribution in [0.4, 0.5) is 17.1 Å². The summed E-state index contributed by atoms with van der Waals surface area (Å²) < 4.78 is 6.40. The zero-order valence-electron chi connectivity index (χ0n) is 23.6. The monoisotopic (exact) mass is 541 g/mol. The predicted molar refractivity (Wildman–Crippen MR) is 171 cm³/mol. The van der Waals surface area contributed by atoms with Gasteiger partial charge in [-0.15, -0.1) is 0 Å². The van der Waals surface area contributed by atoms with Crippen LogP contribution in [0, 0.1) is 22.7 Å². The number of hydrogen-bond acceptors (Lipinski definition) is 4. The van der Waals surface area contributed by atoms with Gasteiger partial charge in [-0.25, -0.2) is 0 Å². The van der Waals surface area contributed by atoms with Crippen LogP contribution in [-0.4, -0.2) is 0 Å². The van der Waals surface area contributed by atoms with Gasteiger partial charge < -0.3 is 9.32 Å². The molecule has 4 heteroatoms. The minimum absolute atomic E-state index is 0.0579. The lowest BCUT2D eigenvalue weighted by atomic mass is 9.86. The second-order valence-electron chi connectivity index (χ2n) is 11.7. The molecular formula is C38H27N3O. The molecule has 7 rings (SSSR count). The Morgan fingerprint density at radius 2 is 1.50 bits per heavy atom. The van der Waals surface area contributed by atoms with Crippen molar-refractivity contribution in [3.63, 3.8) is 0 Å². The quantitative estimate of drug-likeness (QED) is 0.209. The van der Waals surface area contributed by atoms with Crippen LogP contribution < -0.4 is 4.90 Å². The van der Waals surface area contributed by atoms with Gasteiger partial charge in [0.1, 0.15) is 29.1 Å². The summed E-state index contributed by atoms with van der Waals surface area (Å²) in [6, 6.07) is 40.0. The number of para-hydroxylation sites is 1. The highest BCUT2D eigenvalue weighted by molar-refractivity contribution is 6.17. The lowest BCUT2D eigenvalue weighted by Gasteiger charge is -2.34. The van der Waals surface area contributed by atoms with Crippen LogP contribution in [0.25, 0.3) is 50.3 Å². The topological polar surface area (TPSA) is 64.0 Å². The summed E-state index contributed by atoms with van der Waals surface area (Å²) >= 11 is 0. The molecule has 200 valence electrons. The first-order valence-electron chi connectivity index (χ1n) is 14.0. The second-order valence-corrected chi connectivity index (χ2v) is 11.7. The summed E-state index contributed by atoms with van der Waals surface area (Å²) in [5, 5.41) is 21.6. The Morgan fingerprint density at radius 1 is 0.738 bits per heavy atom. The molecule has 0 spiro atoms. The minimum atomic E-state index is 0.0579. The lowest BCUT2D eigenvalue weighted by Crippen LogP contribution is -2.16. The van der Waals surface area contributed by atoms with E-state index in [1.165, 1.54) is 22.1 Å². The summed E-state index contributed by atoms with van der Waals surface area (Å²) in [4.78, 5) is 2.36. The standard InChI is InChI=1S/C38H27N3O/c1-38(2,3)27-13-15-28(16-14-27)41-33-10-5-4-7-29(33)31-8-6-9-32-30(17-18-34(41)37(31)32)36-21-26-12-11-24(20-35(26)42-36)19-25(22-39)23-40/h4-21H,1-3H3. The van der Waals surface area contributed by atoms with E-state index in [1.807, 2.05) is 30.3 Å². The van der Waals surface area contributed by atoms with Crippen molar-refractivity contribution in [2.75, 3.05) is 4.90 Å². The summed E-state index contributed by atoms with van der Waals surface area (Å²) in [5.41, 5.74) is 9.73. The molecule has 1 aliphatic heterocycles. The van der Waals surface area contributed by atoms with Crippen molar-refractivity contribution in [3.05, 3.63) is 120 Å². The van der Waals surface area contributed by atoms with Gasteiger partial charge in [0.2, 0.25) is 0 Å². The van der Waals surface area contributed by atoms with E-state index in [0.717, 1.165) is 44.7 Å². The van der Waals surface area contributed by atoms with Gasteiger partial charge in [0.25, 0.3) is 0 Å². The van der Waals surface area contributed by atoms with E-state index in [2.05, 4.69) is 111 Å². The highest BCUT2D eigenvalue weighted by Crippen LogP contribution is 2.52. The zero-order valence-corrected chi connectivity index (χ0v) is 23.6. The number of fused-ring (bicyclic) bond motifs is 3. The number of anilines is 3. The van der Waals surface area contributed by atoms with Crippen LogP contribution in [0.2, 0.25) is 0 Å². The van der Waals surface area contributed by atoms with Crippen molar-refractivity contribution in [1.29, 1.82) is 10.5 Å². The van der Waals surface area contributed by atoms with Crippen LogP contribution in [-0.2, 0) is 5.41 Å². The molecule has 2 heterocycles. The van der Waals surface area contributed by atoms with Crippen molar-refractivity contribution in [1.82, 2.24) is 0 Å². The molecule has 4 nitrogen and oxygen atoms in total. The van der Waals surface area contributed by atoms with Crippen molar-refractivity contribution in [3.8, 4) is 34.6 Å². The molecule has 5 aromatic carbocycles. The molecular weight excluding hydrogens is 514 g/mol. The molecule has 0 unspecified atom stereocenters. The number of nitrogens with zero attached hydrogens (tertiary/aromatic N) is 3. The molecule has 1 aliphatic rings. The Kier molecular flexibility index (Phi) is 5.75. The molecule has 0 bridgehead atoms. The van der Waals surface area contributed by atoms with E-state index in [-0.39, 0.29) is 11.0 Å². The number of furan rings is 1. The highest BCUT2D eigenvalue weighted by Gasteiger charge is 2.27. The molecule has 6 aromatic rings. The smallest absolute Gasteiger partial charge is 0.136 e. The van der Waals surface area contributed by atoms with Crippen molar-refractivity contribution >= 4 is 44.9 Å². The number of hydrogen-bond donors (Lipinski definition) is 0. The van der Waals surface area contributed by atoms with Crippen molar-refractivity contribution < 1.29 is 4.42 Å². The summed E-state index contributed by atoms with van der Waals surface area (Å²) in [6.45, 7) is 6.71. The summed E-state index contributed by atoms with van der Waals surface area (Å²) in [7, 11) is 0. The van der Waals surface area contributed by atoms with Crippen LogP contribution >= 0.6 is 0 Å². The maximum atomic E-state index is 9.15. The van der Waals surface area contributed by atoms with E-state index >= 15 is 0 Å².